The maximum absolute atomic E-state index is 5.66. The van der Waals surface area contributed by atoms with Gasteiger partial charge in [0.05, 0.1) is 12.8 Å². The predicted molar refractivity (Wildman–Crippen MR) is 59.0 cm³/mol. The number of aromatic nitrogens is 2. The van der Waals surface area contributed by atoms with Crippen LogP contribution in [0, 0.1) is 5.92 Å². The lowest BCUT2D eigenvalue weighted by Gasteiger charge is -2.22. The van der Waals surface area contributed by atoms with Gasteiger partial charge in [0.2, 0.25) is 5.88 Å². The molecule has 0 radical (unpaired) electrons. The zero-order valence-electron chi connectivity index (χ0n) is 9.26. The number of hydrogen-bond donors (Lipinski definition) is 1. The standard InChI is InChI=1S/C11H17N3O2/c12-7-10-1-4-13-14-11(10)16-8-9-2-5-15-6-3-9/h1,4,9H,2-3,5-8,12H2. The Hall–Kier alpha value is -1.20. The molecule has 0 aromatic carbocycles. The van der Waals surface area contributed by atoms with Crippen molar-refractivity contribution < 1.29 is 9.47 Å². The van der Waals surface area contributed by atoms with Crippen molar-refractivity contribution in [3.63, 3.8) is 0 Å². The Morgan fingerprint density at radius 2 is 2.25 bits per heavy atom. The molecule has 1 fully saturated rings. The highest BCUT2D eigenvalue weighted by Crippen LogP contribution is 2.18. The highest BCUT2D eigenvalue weighted by molar-refractivity contribution is 5.22. The largest absolute Gasteiger partial charge is 0.476 e. The summed E-state index contributed by atoms with van der Waals surface area (Å²) in [4.78, 5) is 0. The molecule has 0 saturated carbocycles. The van der Waals surface area contributed by atoms with E-state index in [1.165, 1.54) is 0 Å². The van der Waals surface area contributed by atoms with Crippen molar-refractivity contribution in [2.45, 2.75) is 19.4 Å². The number of rotatable bonds is 4. The lowest BCUT2D eigenvalue weighted by Crippen LogP contribution is -2.22. The van der Waals surface area contributed by atoms with Gasteiger partial charge in [0.15, 0.2) is 0 Å². The smallest absolute Gasteiger partial charge is 0.237 e. The summed E-state index contributed by atoms with van der Waals surface area (Å²) in [6, 6.07) is 1.84. The number of nitrogens with zero attached hydrogens (tertiary/aromatic N) is 2. The third-order valence-electron chi connectivity index (χ3n) is 2.78. The van der Waals surface area contributed by atoms with E-state index in [1.807, 2.05) is 6.07 Å². The van der Waals surface area contributed by atoms with E-state index in [1.54, 1.807) is 6.20 Å². The van der Waals surface area contributed by atoms with Crippen LogP contribution in [0.4, 0.5) is 0 Å². The summed E-state index contributed by atoms with van der Waals surface area (Å²) in [7, 11) is 0. The summed E-state index contributed by atoms with van der Waals surface area (Å²) in [6.45, 7) is 2.77. The first-order valence-electron chi connectivity index (χ1n) is 5.61. The average Bonchev–Trinajstić information content (AvgIpc) is 2.38. The molecule has 2 N–H and O–H groups in total. The summed E-state index contributed by atoms with van der Waals surface area (Å²) in [5, 5.41) is 7.75. The maximum atomic E-state index is 5.66. The van der Waals surface area contributed by atoms with Crippen LogP contribution in [0.15, 0.2) is 12.3 Å². The molecule has 0 bridgehead atoms. The maximum Gasteiger partial charge on any atom is 0.237 e. The number of nitrogens with two attached hydrogens (primary N) is 1. The lowest BCUT2D eigenvalue weighted by molar-refractivity contribution is 0.0487. The minimum atomic E-state index is 0.429. The van der Waals surface area contributed by atoms with Gasteiger partial charge in [-0.15, -0.1) is 5.10 Å². The minimum Gasteiger partial charge on any atom is -0.476 e. The van der Waals surface area contributed by atoms with Crippen molar-refractivity contribution in [2.24, 2.45) is 11.7 Å². The second kappa shape index (κ2) is 5.77. The summed E-state index contributed by atoms with van der Waals surface area (Å²) in [6.07, 6.45) is 3.74. The lowest BCUT2D eigenvalue weighted by atomic mass is 10.0. The fourth-order valence-corrected chi connectivity index (χ4v) is 1.73. The van der Waals surface area contributed by atoms with Crippen LogP contribution in [-0.2, 0) is 11.3 Å². The van der Waals surface area contributed by atoms with Crippen LogP contribution in [-0.4, -0.2) is 30.0 Å². The monoisotopic (exact) mass is 223 g/mol. The number of ether oxygens (including phenoxy) is 2. The van der Waals surface area contributed by atoms with Gasteiger partial charge in [0.25, 0.3) is 0 Å². The van der Waals surface area contributed by atoms with Crippen LogP contribution in [0.1, 0.15) is 18.4 Å². The van der Waals surface area contributed by atoms with Crippen molar-refractivity contribution in [3.8, 4) is 5.88 Å². The Balaban J connectivity index is 1.88. The molecule has 16 heavy (non-hydrogen) atoms. The molecule has 1 aromatic heterocycles. The van der Waals surface area contributed by atoms with E-state index >= 15 is 0 Å². The topological polar surface area (TPSA) is 70.3 Å². The molecule has 5 heteroatoms. The van der Waals surface area contributed by atoms with E-state index in [-0.39, 0.29) is 0 Å². The Morgan fingerprint density at radius 3 is 3.00 bits per heavy atom. The molecule has 1 saturated heterocycles. The van der Waals surface area contributed by atoms with Crippen LogP contribution < -0.4 is 10.5 Å². The summed E-state index contributed by atoms with van der Waals surface area (Å²) in [5.41, 5.74) is 6.50. The molecule has 2 heterocycles. The highest BCUT2D eigenvalue weighted by Gasteiger charge is 2.15. The van der Waals surface area contributed by atoms with Gasteiger partial charge >= 0.3 is 0 Å². The van der Waals surface area contributed by atoms with Crippen molar-refractivity contribution in [1.29, 1.82) is 0 Å². The van der Waals surface area contributed by atoms with E-state index in [9.17, 15) is 0 Å². The highest BCUT2D eigenvalue weighted by atomic mass is 16.5. The molecule has 0 atom stereocenters. The zero-order chi connectivity index (χ0) is 11.2. The van der Waals surface area contributed by atoms with Gasteiger partial charge in [-0.05, 0) is 24.8 Å². The van der Waals surface area contributed by atoms with Gasteiger partial charge < -0.3 is 15.2 Å². The van der Waals surface area contributed by atoms with Crippen molar-refractivity contribution >= 4 is 0 Å². The van der Waals surface area contributed by atoms with E-state index in [2.05, 4.69) is 10.2 Å². The molecule has 5 nitrogen and oxygen atoms in total. The summed E-state index contributed by atoms with van der Waals surface area (Å²) in [5.74, 6) is 1.12. The third-order valence-corrected chi connectivity index (χ3v) is 2.78. The van der Waals surface area contributed by atoms with E-state index in [4.69, 9.17) is 15.2 Å². The van der Waals surface area contributed by atoms with E-state index in [0.29, 0.717) is 24.9 Å². The van der Waals surface area contributed by atoms with Crippen LogP contribution in [0.2, 0.25) is 0 Å². The molecule has 1 aromatic rings. The molecule has 0 aliphatic carbocycles. The van der Waals surface area contributed by atoms with Crippen LogP contribution in [0.5, 0.6) is 5.88 Å². The van der Waals surface area contributed by atoms with Crippen LogP contribution in [0.3, 0.4) is 0 Å². The Kier molecular flexibility index (Phi) is 4.07. The van der Waals surface area contributed by atoms with Gasteiger partial charge in [0.1, 0.15) is 0 Å². The Labute approximate surface area is 95.0 Å². The second-order valence-electron chi connectivity index (χ2n) is 3.93. The fourth-order valence-electron chi connectivity index (χ4n) is 1.73. The van der Waals surface area contributed by atoms with E-state index in [0.717, 1.165) is 31.6 Å². The third kappa shape index (κ3) is 2.90. The average molecular weight is 223 g/mol. The van der Waals surface area contributed by atoms with Gasteiger partial charge in [-0.25, -0.2) is 0 Å². The fraction of sp³-hybridized carbons (Fsp3) is 0.636. The molecule has 1 aliphatic heterocycles. The number of hydrogen-bond acceptors (Lipinski definition) is 5. The minimum absolute atomic E-state index is 0.429. The van der Waals surface area contributed by atoms with Gasteiger partial charge in [-0.3, -0.25) is 0 Å². The summed E-state index contributed by atoms with van der Waals surface area (Å²) < 4.78 is 11.0. The van der Waals surface area contributed by atoms with Gasteiger partial charge in [-0.2, -0.15) is 5.10 Å². The molecule has 0 amide bonds. The van der Waals surface area contributed by atoms with E-state index < -0.39 is 0 Å². The van der Waals surface area contributed by atoms with Crippen LogP contribution >= 0.6 is 0 Å². The normalized spacial score (nSPS) is 17.3. The van der Waals surface area contributed by atoms with Crippen molar-refractivity contribution in [3.05, 3.63) is 17.8 Å². The van der Waals surface area contributed by atoms with Crippen molar-refractivity contribution in [2.75, 3.05) is 19.8 Å². The molecule has 88 valence electrons. The predicted octanol–water partition coefficient (Wildman–Crippen LogP) is 0.741. The van der Waals surface area contributed by atoms with Gasteiger partial charge in [-0.1, -0.05) is 0 Å². The Bertz CT molecular complexity index is 327. The molecule has 0 spiro atoms. The second-order valence-corrected chi connectivity index (χ2v) is 3.93. The molecule has 1 aliphatic rings. The molecular weight excluding hydrogens is 206 g/mol. The first-order valence-corrected chi connectivity index (χ1v) is 5.61. The quantitative estimate of drug-likeness (QED) is 0.815. The first-order chi connectivity index (χ1) is 7.90. The SMILES string of the molecule is NCc1ccnnc1OCC1CCOCC1. The first kappa shape index (κ1) is 11.3. The molecule has 0 unspecified atom stereocenters. The van der Waals surface area contributed by atoms with Gasteiger partial charge in [0, 0.05) is 25.3 Å². The molecular formula is C11H17N3O2. The summed E-state index contributed by atoms with van der Waals surface area (Å²) >= 11 is 0. The Morgan fingerprint density at radius 1 is 1.44 bits per heavy atom. The zero-order valence-corrected chi connectivity index (χ0v) is 9.26. The van der Waals surface area contributed by atoms with Crippen molar-refractivity contribution in [1.82, 2.24) is 10.2 Å². The van der Waals surface area contributed by atoms with Crippen LogP contribution in [0.25, 0.3) is 0 Å². The molecule has 2 rings (SSSR count).